The molecule has 8 rings (SSSR count). The van der Waals surface area contributed by atoms with Crippen molar-refractivity contribution in [3.8, 4) is 11.4 Å². The van der Waals surface area contributed by atoms with Crippen LogP contribution >= 0.6 is 12.6 Å². The number of aromatic nitrogens is 2. The lowest BCUT2D eigenvalue weighted by Gasteiger charge is -2.25. The minimum Gasteiger partial charge on any atom is -0.344 e. The number of allylic oxidation sites excluding steroid dienone is 6. The maximum absolute atomic E-state index is 4.48. The molecule has 0 unspecified atom stereocenters. The van der Waals surface area contributed by atoms with E-state index in [1.807, 2.05) is 46.0 Å². The summed E-state index contributed by atoms with van der Waals surface area (Å²) in [6.45, 7) is 16.2. The van der Waals surface area contributed by atoms with E-state index in [2.05, 4.69) is 212 Å². The van der Waals surface area contributed by atoms with Gasteiger partial charge in [-0.15, -0.1) is 12.6 Å². The van der Waals surface area contributed by atoms with Gasteiger partial charge in [0.25, 0.3) is 0 Å². The molecule has 3 nitrogen and oxygen atoms in total. The molecular formula is C53H53N3S. The maximum Gasteiger partial charge on any atom is 0.0541 e. The molecule has 57 heavy (non-hydrogen) atoms. The first-order valence-electron chi connectivity index (χ1n) is 19.5. The molecule has 0 aliphatic heterocycles. The summed E-state index contributed by atoms with van der Waals surface area (Å²) in [6, 6.07) is 51.7. The molecular weight excluding hydrogens is 711 g/mol. The Kier molecular flexibility index (Phi) is 13.2. The van der Waals surface area contributed by atoms with Crippen molar-refractivity contribution < 1.29 is 0 Å². The number of aryl methyl sites for hydroxylation is 2. The Morgan fingerprint density at radius 1 is 0.561 bits per heavy atom. The van der Waals surface area contributed by atoms with Gasteiger partial charge in [-0.05, 0) is 114 Å². The molecule has 6 aromatic carbocycles. The monoisotopic (exact) mass is 763 g/mol. The first-order chi connectivity index (χ1) is 27.7. The Morgan fingerprint density at radius 2 is 0.982 bits per heavy atom. The largest absolute Gasteiger partial charge is 0.344 e. The summed E-state index contributed by atoms with van der Waals surface area (Å²) < 4.78 is 4.67. The molecule has 0 aliphatic carbocycles. The summed E-state index contributed by atoms with van der Waals surface area (Å²) in [7, 11) is 2.04. The van der Waals surface area contributed by atoms with E-state index in [0.717, 1.165) is 21.9 Å². The second kappa shape index (κ2) is 18.6. The van der Waals surface area contributed by atoms with Crippen LogP contribution in [-0.4, -0.2) is 21.1 Å². The summed E-state index contributed by atoms with van der Waals surface area (Å²) in [5.74, 6) is 0. The van der Waals surface area contributed by atoms with E-state index in [1.165, 1.54) is 66.1 Å². The Labute approximate surface area is 344 Å². The average Bonchev–Trinajstić information content (AvgIpc) is 3.75. The molecule has 0 aliphatic rings. The second-order valence-corrected chi connectivity index (χ2v) is 14.6. The molecule has 0 atom stereocenters. The number of hydrogen-bond donors (Lipinski definition) is 1. The van der Waals surface area contributed by atoms with E-state index in [-0.39, 0.29) is 0 Å². The van der Waals surface area contributed by atoms with Crippen LogP contribution in [0.4, 0.5) is 0 Å². The van der Waals surface area contributed by atoms with Crippen molar-refractivity contribution in [3.63, 3.8) is 0 Å². The van der Waals surface area contributed by atoms with Crippen LogP contribution in [0.15, 0.2) is 204 Å². The molecule has 0 amide bonds. The van der Waals surface area contributed by atoms with E-state index >= 15 is 0 Å². The van der Waals surface area contributed by atoms with Gasteiger partial charge in [-0.2, -0.15) is 0 Å². The molecule has 0 saturated heterocycles. The van der Waals surface area contributed by atoms with Gasteiger partial charge in [0, 0.05) is 56.3 Å². The predicted molar refractivity (Wildman–Crippen MR) is 253 cm³/mol. The van der Waals surface area contributed by atoms with Crippen molar-refractivity contribution in [2.24, 2.45) is 0 Å². The fourth-order valence-corrected chi connectivity index (χ4v) is 7.72. The third-order valence-corrected chi connectivity index (χ3v) is 10.7. The van der Waals surface area contributed by atoms with Crippen LogP contribution in [0.25, 0.3) is 55.0 Å². The molecule has 8 aromatic rings. The van der Waals surface area contributed by atoms with Gasteiger partial charge in [-0.1, -0.05) is 127 Å². The van der Waals surface area contributed by atoms with Crippen LogP contribution in [0.3, 0.4) is 0 Å². The van der Waals surface area contributed by atoms with E-state index < -0.39 is 0 Å². The zero-order valence-electron chi connectivity index (χ0n) is 34.2. The van der Waals surface area contributed by atoms with Crippen molar-refractivity contribution in [1.29, 1.82) is 0 Å². The molecule has 2 heterocycles. The first kappa shape index (κ1) is 40.4. The minimum atomic E-state index is 0.967. The zero-order valence-corrected chi connectivity index (χ0v) is 35.1. The van der Waals surface area contributed by atoms with Crippen LogP contribution in [0.2, 0.25) is 0 Å². The van der Waals surface area contributed by atoms with Gasteiger partial charge < -0.3 is 14.0 Å². The number of para-hydroxylation sites is 4. The number of fused-ring (bicyclic) bond motifs is 6. The average molecular weight is 764 g/mol. The lowest BCUT2D eigenvalue weighted by atomic mass is 10.1. The highest BCUT2D eigenvalue weighted by molar-refractivity contribution is 7.84. The molecule has 2 aromatic heterocycles. The maximum atomic E-state index is 4.48. The molecule has 0 bridgehead atoms. The van der Waals surface area contributed by atoms with Crippen LogP contribution in [-0.2, 0) is 0 Å². The Hall–Kier alpha value is -6.23. The molecule has 0 N–H and O–H groups in total. The number of nitrogens with zero attached hydrogens (tertiary/aromatic N) is 3. The third-order valence-electron chi connectivity index (χ3n) is 10.3. The number of benzene rings is 6. The minimum absolute atomic E-state index is 0.967. The molecule has 286 valence electrons. The highest BCUT2D eigenvalue weighted by Crippen LogP contribution is 2.34. The number of hydrogen-bond acceptors (Lipinski definition) is 2. The Bertz CT molecular complexity index is 2620. The summed E-state index contributed by atoms with van der Waals surface area (Å²) in [5, 5.41) is 5.28. The Balaban J connectivity index is 0.000000146. The van der Waals surface area contributed by atoms with Crippen molar-refractivity contribution in [1.82, 2.24) is 14.0 Å². The molecule has 0 spiro atoms. The van der Waals surface area contributed by atoms with E-state index in [1.54, 1.807) is 0 Å². The van der Waals surface area contributed by atoms with Crippen LogP contribution in [0.5, 0.6) is 0 Å². The molecule has 0 fully saturated rings. The van der Waals surface area contributed by atoms with Gasteiger partial charge in [0.2, 0.25) is 0 Å². The van der Waals surface area contributed by atoms with Crippen LogP contribution in [0, 0.1) is 13.8 Å². The molecule has 0 radical (unpaired) electrons. The lowest BCUT2D eigenvalue weighted by molar-refractivity contribution is 0.545. The van der Waals surface area contributed by atoms with Gasteiger partial charge in [0.15, 0.2) is 0 Å². The van der Waals surface area contributed by atoms with Crippen molar-refractivity contribution in [2.75, 3.05) is 7.05 Å². The second-order valence-electron chi connectivity index (χ2n) is 14.1. The summed E-state index contributed by atoms with van der Waals surface area (Å²) in [6.07, 6.45) is 10.0. The van der Waals surface area contributed by atoms with Gasteiger partial charge in [-0.25, -0.2) is 0 Å². The SMILES string of the molecule is C=C/C(C)=C(\C=C/C)N(C)C(=C/C)/C(S)=C\C.Cc1ccc2c(c1)c1ccccc1n2-c1ccccc1.Cc1ccc2c(c1)c1ccccc1n2-c1ccccc1. The Morgan fingerprint density at radius 3 is 1.39 bits per heavy atom. The standard InChI is InChI=1S/2C19H15N.C15H23NS/c2*1-14-11-12-19-17(13-14)16-9-5-6-10-18(16)20(19)15-7-3-2-4-8-15;1-7-11-14(12(5)8-2)16(6)13(9-3)15(17)10-4/h2*2-13H,1H3;7-11,17H,2H2,1,3-6H3/b;;11-7-,13-9+,14-12+,15-10+. The van der Waals surface area contributed by atoms with Crippen LogP contribution in [0.1, 0.15) is 38.8 Å². The van der Waals surface area contributed by atoms with E-state index in [9.17, 15) is 0 Å². The summed E-state index contributed by atoms with van der Waals surface area (Å²) >= 11 is 4.48. The topological polar surface area (TPSA) is 13.1 Å². The fraction of sp³-hybridized carbons (Fsp3) is 0.132. The highest BCUT2D eigenvalue weighted by Gasteiger charge is 2.13. The van der Waals surface area contributed by atoms with Gasteiger partial charge in [0.1, 0.15) is 0 Å². The fourth-order valence-electron chi connectivity index (χ4n) is 7.45. The molecule has 0 saturated carbocycles. The van der Waals surface area contributed by atoms with Crippen molar-refractivity contribution >= 4 is 56.2 Å². The van der Waals surface area contributed by atoms with E-state index in [0.29, 0.717) is 0 Å². The van der Waals surface area contributed by atoms with Gasteiger partial charge in [0.05, 0.1) is 22.1 Å². The number of thiol groups is 1. The predicted octanol–water partition coefficient (Wildman–Crippen LogP) is 14.9. The highest BCUT2D eigenvalue weighted by atomic mass is 32.1. The number of likely N-dealkylation sites (N-methyl/N-ethyl adjacent to an activating group) is 1. The lowest BCUT2D eigenvalue weighted by Crippen LogP contribution is -2.17. The number of rotatable bonds is 7. The first-order valence-corrected chi connectivity index (χ1v) is 20.0. The van der Waals surface area contributed by atoms with Crippen LogP contribution < -0.4 is 0 Å². The smallest absolute Gasteiger partial charge is 0.0541 e. The van der Waals surface area contributed by atoms with Gasteiger partial charge >= 0.3 is 0 Å². The van der Waals surface area contributed by atoms with Crippen molar-refractivity contribution in [3.05, 3.63) is 216 Å². The zero-order chi connectivity index (χ0) is 40.5. The quantitative estimate of drug-likeness (QED) is 0.126. The molecule has 4 heteroatoms. The third kappa shape index (κ3) is 8.62. The van der Waals surface area contributed by atoms with Gasteiger partial charge in [-0.3, -0.25) is 0 Å². The normalized spacial score (nSPS) is 12.4. The summed E-state index contributed by atoms with van der Waals surface area (Å²) in [4.78, 5) is 3.09. The van der Waals surface area contributed by atoms with Crippen molar-refractivity contribution in [2.45, 2.75) is 41.5 Å². The summed E-state index contributed by atoms with van der Waals surface area (Å²) in [5.41, 5.74) is 13.4. The van der Waals surface area contributed by atoms with E-state index in [4.69, 9.17) is 0 Å².